The van der Waals surface area contributed by atoms with Gasteiger partial charge in [0, 0.05) is 19.3 Å². The zero-order valence-corrected chi connectivity index (χ0v) is 12.3. The highest BCUT2D eigenvalue weighted by atomic mass is 16.4. The summed E-state index contributed by atoms with van der Waals surface area (Å²) in [7, 11) is 2.02. The Bertz CT molecular complexity index is 796. The first-order valence-corrected chi connectivity index (χ1v) is 7.06. The van der Waals surface area contributed by atoms with Crippen molar-refractivity contribution >= 4 is 11.5 Å². The van der Waals surface area contributed by atoms with Crippen LogP contribution < -0.4 is 0 Å². The zero-order valence-electron chi connectivity index (χ0n) is 12.3. The van der Waals surface area contributed by atoms with E-state index < -0.39 is 5.97 Å². The van der Waals surface area contributed by atoms with Gasteiger partial charge in [-0.2, -0.15) is 5.10 Å². The van der Waals surface area contributed by atoms with Crippen LogP contribution in [0.5, 0.6) is 0 Å². The molecule has 0 atom stereocenters. The molecule has 112 valence electrons. The first-order chi connectivity index (χ1) is 10.6. The first-order valence-electron chi connectivity index (χ1n) is 7.06. The molecule has 5 nitrogen and oxygen atoms in total. The molecule has 22 heavy (non-hydrogen) atoms. The average molecular weight is 295 g/mol. The summed E-state index contributed by atoms with van der Waals surface area (Å²) in [6, 6.07) is 14.0. The van der Waals surface area contributed by atoms with Crippen LogP contribution in [0.4, 0.5) is 0 Å². The molecule has 0 saturated heterocycles. The van der Waals surface area contributed by atoms with E-state index in [-0.39, 0.29) is 5.56 Å². The highest BCUT2D eigenvalue weighted by Gasteiger charge is 2.15. The maximum absolute atomic E-state index is 11.3. The number of benzene rings is 1. The fourth-order valence-corrected chi connectivity index (χ4v) is 2.64. The molecular weight excluding hydrogens is 278 g/mol. The van der Waals surface area contributed by atoms with Crippen molar-refractivity contribution in [3.63, 3.8) is 0 Å². The Kier molecular flexibility index (Phi) is 3.89. The van der Waals surface area contributed by atoms with Gasteiger partial charge < -0.3 is 5.11 Å². The SMILES string of the molecule is CN(Cc1ccccc1)Cc1cccn2ncc(C(=O)O)c12. The quantitative estimate of drug-likeness (QED) is 0.786. The second kappa shape index (κ2) is 5.99. The lowest BCUT2D eigenvalue weighted by molar-refractivity contribution is 0.0699. The summed E-state index contributed by atoms with van der Waals surface area (Å²) in [6.45, 7) is 1.46. The molecule has 5 heteroatoms. The fraction of sp³-hybridized carbons (Fsp3) is 0.176. The predicted octanol–water partition coefficient (Wildman–Crippen LogP) is 2.66. The van der Waals surface area contributed by atoms with E-state index in [1.54, 1.807) is 10.7 Å². The van der Waals surface area contributed by atoms with E-state index in [1.807, 2.05) is 37.4 Å². The standard InChI is InChI=1S/C17H17N3O2/c1-19(11-13-6-3-2-4-7-13)12-14-8-5-9-20-16(14)15(10-18-20)17(21)22/h2-10H,11-12H2,1H3,(H,21,22). The maximum Gasteiger partial charge on any atom is 0.339 e. The minimum Gasteiger partial charge on any atom is -0.478 e. The summed E-state index contributed by atoms with van der Waals surface area (Å²) in [5, 5.41) is 13.4. The molecule has 0 aliphatic carbocycles. The van der Waals surface area contributed by atoms with Crippen molar-refractivity contribution in [3.05, 3.63) is 71.5 Å². The predicted molar refractivity (Wildman–Crippen MR) is 83.8 cm³/mol. The third-order valence-electron chi connectivity index (χ3n) is 3.59. The van der Waals surface area contributed by atoms with E-state index >= 15 is 0 Å². The molecule has 3 rings (SSSR count). The van der Waals surface area contributed by atoms with E-state index in [1.165, 1.54) is 11.8 Å². The number of hydrogen-bond donors (Lipinski definition) is 1. The molecular formula is C17H17N3O2. The molecule has 0 unspecified atom stereocenters. The molecule has 0 aliphatic heterocycles. The number of nitrogens with zero attached hydrogens (tertiary/aromatic N) is 3. The number of fused-ring (bicyclic) bond motifs is 1. The minimum atomic E-state index is -0.951. The first kappa shape index (κ1) is 14.3. The molecule has 0 amide bonds. The van der Waals surface area contributed by atoms with E-state index in [0.717, 1.165) is 12.1 Å². The largest absolute Gasteiger partial charge is 0.478 e. The number of hydrogen-bond acceptors (Lipinski definition) is 3. The molecule has 0 radical (unpaired) electrons. The Morgan fingerprint density at radius 2 is 1.95 bits per heavy atom. The van der Waals surface area contributed by atoms with Gasteiger partial charge in [0.25, 0.3) is 0 Å². The van der Waals surface area contributed by atoms with Gasteiger partial charge in [-0.3, -0.25) is 4.90 Å². The van der Waals surface area contributed by atoms with Crippen LogP contribution in [0, 0.1) is 0 Å². The molecule has 3 aromatic rings. The van der Waals surface area contributed by atoms with Gasteiger partial charge in [-0.1, -0.05) is 36.4 Å². The normalized spacial score (nSPS) is 11.2. The monoisotopic (exact) mass is 295 g/mol. The summed E-state index contributed by atoms with van der Waals surface area (Å²) < 4.78 is 1.62. The lowest BCUT2D eigenvalue weighted by atomic mass is 10.1. The minimum absolute atomic E-state index is 0.240. The van der Waals surface area contributed by atoms with Gasteiger partial charge in [0.05, 0.1) is 11.7 Å². The fourth-order valence-electron chi connectivity index (χ4n) is 2.64. The second-order valence-electron chi connectivity index (χ2n) is 5.35. The number of carbonyl (C=O) groups is 1. The van der Waals surface area contributed by atoms with E-state index in [9.17, 15) is 9.90 Å². The summed E-state index contributed by atoms with van der Waals surface area (Å²) in [5.74, 6) is -0.951. The van der Waals surface area contributed by atoms with Crippen LogP contribution >= 0.6 is 0 Å². The van der Waals surface area contributed by atoms with Crippen molar-refractivity contribution in [3.8, 4) is 0 Å². The van der Waals surface area contributed by atoms with Gasteiger partial charge in [-0.15, -0.1) is 0 Å². The topological polar surface area (TPSA) is 57.8 Å². The van der Waals surface area contributed by atoms with Crippen LogP contribution in [0.3, 0.4) is 0 Å². The van der Waals surface area contributed by atoms with Crippen LogP contribution in [0.2, 0.25) is 0 Å². The lowest BCUT2D eigenvalue weighted by Crippen LogP contribution is -2.18. The third kappa shape index (κ3) is 2.84. The summed E-state index contributed by atoms with van der Waals surface area (Å²) >= 11 is 0. The Labute approximate surface area is 128 Å². The highest BCUT2D eigenvalue weighted by Crippen LogP contribution is 2.18. The number of aromatic carboxylic acids is 1. The lowest BCUT2D eigenvalue weighted by Gasteiger charge is -2.17. The van der Waals surface area contributed by atoms with Gasteiger partial charge >= 0.3 is 5.97 Å². The Morgan fingerprint density at radius 1 is 1.18 bits per heavy atom. The van der Waals surface area contributed by atoms with Gasteiger partial charge in [0.15, 0.2) is 0 Å². The number of carboxylic acids is 1. The zero-order chi connectivity index (χ0) is 15.5. The molecule has 0 aliphatic rings. The Morgan fingerprint density at radius 3 is 2.68 bits per heavy atom. The van der Waals surface area contributed by atoms with Gasteiger partial charge in [0.1, 0.15) is 5.56 Å². The molecule has 1 N–H and O–H groups in total. The highest BCUT2D eigenvalue weighted by molar-refractivity contribution is 5.96. The van der Waals surface area contributed by atoms with Crippen molar-refractivity contribution in [1.29, 1.82) is 0 Å². The van der Waals surface area contributed by atoms with Crippen molar-refractivity contribution in [2.45, 2.75) is 13.1 Å². The van der Waals surface area contributed by atoms with Gasteiger partial charge in [0.2, 0.25) is 0 Å². The van der Waals surface area contributed by atoms with E-state index in [4.69, 9.17) is 0 Å². The van der Waals surface area contributed by atoms with Crippen molar-refractivity contribution in [1.82, 2.24) is 14.5 Å². The molecule has 0 saturated carbocycles. The van der Waals surface area contributed by atoms with Crippen LogP contribution in [0.15, 0.2) is 54.9 Å². The van der Waals surface area contributed by atoms with Crippen LogP contribution in [0.25, 0.3) is 5.52 Å². The van der Waals surface area contributed by atoms with Crippen molar-refractivity contribution in [2.75, 3.05) is 7.05 Å². The smallest absolute Gasteiger partial charge is 0.339 e. The summed E-state index contributed by atoms with van der Waals surface area (Å²) in [4.78, 5) is 13.5. The van der Waals surface area contributed by atoms with E-state index in [2.05, 4.69) is 22.1 Å². The Hall–Kier alpha value is -2.66. The van der Waals surface area contributed by atoms with Gasteiger partial charge in [-0.25, -0.2) is 9.31 Å². The van der Waals surface area contributed by atoms with Gasteiger partial charge in [-0.05, 0) is 24.2 Å². The van der Waals surface area contributed by atoms with E-state index in [0.29, 0.717) is 12.1 Å². The Balaban J connectivity index is 1.87. The molecule has 0 spiro atoms. The molecule has 2 heterocycles. The number of aromatic nitrogens is 2. The summed E-state index contributed by atoms with van der Waals surface area (Å²) in [5.41, 5.74) is 3.08. The molecule has 0 bridgehead atoms. The number of rotatable bonds is 5. The van der Waals surface area contributed by atoms with Crippen LogP contribution in [-0.2, 0) is 13.1 Å². The maximum atomic E-state index is 11.3. The summed E-state index contributed by atoms with van der Waals surface area (Å²) in [6.07, 6.45) is 3.17. The van der Waals surface area contributed by atoms with Crippen molar-refractivity contribution < 1.29 is 9.90 Å². The molecule has 0 fully saturated rings. The van der Waals surface area contributed by atoms with Crippen LogP contribution in [0.1, 0.15) is 21.5 Å². The molecule has 1 aromatic carbocycles. The third-order valence-corrected chi connectivity index (χ3v) is 3.59. The molecule has 2 aromatic heterocycles. The average Bonchev–Trinajstić information content (AvgIpc) is 2.93. The number of pyridine rings is 1. The number of carboxylic acid groups (broad SMARTS) is 1. The second-order valence-corrected chi connectivity index (χ2v) is 5.35. The van der Waals surface area contributed by atoms with Crippen LogP contribution in [-0.4, -0.2) is 32.6 Å². The van der Waals surface area contributed by atoms with Crippen molar-refractivity contribution in [2.24, 2.45) is 0 Å².